The smallest absolute Gasteiger partial charge is 0.308 e. The van der Waals surface area contributed by atoms with E-state index in [4.69, 9.17) is 4.84 Å². The molecule has 0 saturated carbocycles. The third kappa shape index (κ3) is 3.41. The molecular weight excluding hydrogens is 280 g/mol. The van der Waals surface area contributed by atoms with Gasteiger partial charge in [-0.1, -0.05) is 13.8 Å². The molecule has 0 fully saturated rings. The van der Waals surface area contributed by atoms with Gasteiger partial charge in [-0.2, -0.15) is 10.5 Å². The second kappa shape index (κ2) is 7.31. The fraction of sp³-hybridized carbons (Fsp3) is 0.375. The minimum atomic E-state index is -0.290. The first kappa shape index (κ1) is 16.4. The minimum Gasteiger partial charge on any atom is -0.308 e. The van der Waals surface area contributed by atoms with Crippen molar-refractivity contribution in [2.24, 2.45) is 0 Å². The van der Waals surface area contributed by atoms with Gasteiger partial charge in [0.25, 0.3) is 0 Å². The summed E-state index contributed by atoms with van der Waals surface area (Å²) in [5.74, 6) is 0. The van der Waals surface area contributed by atoms with E-state index in [-0.39, 0.29) is 5.69 Å². The first-order valence-electron chi connectivity index (χ1n) is 7.44. The van der Waals surface area contributed by atoms with Crippen LogP contribution in [0.3, 0.4) is 0 Å². The Balaban J connectivity index is 0.000000847. The van der Waals surface area contributed by atoms with E-state index in [0.717, 1.165) is 41.3 Å². The molecule has 3 rings (SSSR count). The van der Waals surface area contributed by atoms with Crippen molar-refractivity contribution in [3.63, 3.8) is 0 Å². The maximum atomic E-state index is 11.7. The number of hydrogen-bond donors (Lipinski definition) is 2. The molecule has 2 aromatic rings. The van der Waals surface area contributed by atoms with Crippen molar-refractivity contribution >= 4 is 5.69 Å². The van der Waals surface area contributed by atoms with Gasteiger partial charge in [0.05, 0.1) is 12.8 Å². The highest BCUT2D eigenvalue weighted by Gasteiger charge is 2.22. The molecule has 6 nitrogen and oxygen atoms in total. The summed E-state index contributed by atoms with van der Waals surface area (Å²) in [6, 6.07) is 7.83. The molecule has 3 N–H and O–H groups in total. The van der Waals surface area contributed by atoms with Crippen LogP contribution in [0.25, 0.3) is 11.3 Å². The summed E-state index contributed by atoms with van der Waals surface area (Å²) in [4.78, 5) is 25.8. The third-order valence-electron chi connectivity index (χ3n) is 3.42. The van der Waals surface area contributed by atoms with E-state index in [1.165, 1.54) is 0 Å². The summed E-state index contributed by atoms with van der Waals surface area (Å²) in [6.07, 6.45) is 0. The number of nitrogens with zero attached hydrogens (tertiary/aromatic N) is 2. The number of aromatic amines is 1. The van der Waals surface area contributed by atoms with E-state index in [1.807, 2.05) is 45.2 Å². The van der Waals surface area contributed by atoms with Gasteiger partial charge in [-0.05, 0) is 19.2 Å². The molecule has 0 unspecified atom stereocenters. The molecule has 0 bridgehead atoms. The van der Waals surface area contributed by atoms with Crippen LogP contribution in [0.4, 0.5) is 5.69 Å². The zero-order chi connectivity index (χ0) is 16.1. The van der Waals surface area contributed by atoms with Gasteiger partial charge in [-0.15, -0.1) is 0 Å². The lowest BCUT2D eigenvalue weighted by molar-refractivity contribution is -0.830. The van der Waals surface area contributed by atoms with Gasteiger partial charge in [0.2, 0.25) is 0 Å². The molecule has 118 valence electrons. The van der Waals surface area contributed by atoms with Gasteiger partial charge in [0.1, 0.15) is 0 Å². The molecule has 22 heavy (non-hydrogen) atoms. The standard InChI is InChI=1S/C14H16N4O2.C2H6/c1-18-7-11-12(8-18)15-14(19)16-13(11)9-3-5-10(6-4-9)17-20-2;1-2/h3-6,17H,7-8H2,1-2H3,(H,15,16,19);1-2H3/p+1. The van der Waals surface area contributed by atoms with Gasteiger partial charge in [-0.3, -0.25) is 4.90 Å². The summed E-state index contributed by atoms with van der Waals surface area (Å²) < 4.78 is 0. The predicted octanol–water partition coefficient (Wildman–Crippen LogP) is 1.16. The van der Waals surface area contributed by atoms with Crippen molar-refractivity contribution in [2.75, 3.05) is 14.2 Å². The molecule has 0 amide bonds. The van der Waals surface area contributed by atoms with Crippen molar-refractivity contribution in [1.82, 2.24) is 14.9 Å². The molecule has 2 heterocycles. The van der Waals surface area contributed by atoms with E-state index < -0.39 is 0 Å². The lowest BCUT2D eigenvalue weighted by atomic mass is 10.1. The maximum absolute atomic E-state index is 11.7. The van der Waals surface area contributed by atoms with Gasteiger partial charge in [0, 0.05) is 42.0 Å². The molecule has 0 saturated heterocycles. The van der Waals surface area contributed by atoms with Crippen molar-refractivity contribution in [3.05, 3.63) is 46.0 Å². The molecule has 0 radical (unpaired) electrons. The van der Waals surface area contributed by atoms with E-state index in [0.29, 0.717) is 0 Å². The summed E-state index contributed by atoms with van der Waals surface area (Å²) in [7, 11) is 3.65. The number of hydrogen-bond acceptors (Lipinski definition) is 4. The Morgan fingerprint density at radius 2 is 1.91 bits per heavy atom. The van der Waals surface area contributed by atoms with Gasteiger partial charge in [0.15, 0.2) is 5.69 Å². The monoisotopic (exact) mass is 303 g/mol. The summed E-state index contributed by atoms with van der Waals surface area (Å²) in [5.41, 5.74) is 6.17. The lowest BCUT2D eigenvalue weighted by Gasteiger charge is -2.07. The molecule has 1 aliphatic heterocycles. The Morgan fingerprint density at radius 3 is 2.55 bits per heavy atom. The van der Waals surface area contributed by atoms with Crippen LogP contribution in [-0.4, -0.2) is 29.0 Å². The van der Waals surface area contributed by atoms with Crippen LogP contribution >= 0.6 is 0 Å². The van der Waals surface area contributed by atoms with Crippen LogP contribution in [0.5, 0.6) is 0 Å². The fourth-order valence-corrected chi connectivity index (χ4v) is 2.54. The largest absolute Gasteiger partial charge is 0.345 e. The van der Waals surface area contributed by atoms with Crippen LogP contribution in [0, 0.1) is 0 Å². The molecule has 6 heteroatoms. The Bertz CT molecular complexity index is 680. The first-order valence-corrected chi connectivity index (χ1v) is 7.44. The van der Waals surface area contributed by atoms with E-state index in [1.54, 1.807) is 12.6 Å². The number of nitrogens with two attached hydrogens (primary N) is 1. The van der Waals surface area contributed by atoms with E-state index >= 15 is 0 Å². The molecular formula is C16H23N4O2+. The van der Waals surface area contributed by atoms with Crippen molar-refractivity contribution in [3.8, 4) is 11.3 Å². The average molecular weight is 303 g/mol. The number of nitrogens with one attached hydrogen (secondary N) is 1. The number of fused-ring (bicyclic) bond motifs is 1. The summed E-state index contributed by atoms with van der Waals surface area (Å²) in [5, 5.41) is 0. The van der Waals surface area contributed by atoms with Crippen LogP contribution in [-0.2, 0) is 17.9 Å². The van der Waals surface area contributed by atoms with Crippen LogP contribution in [0.2, 0.25) is 0 Å². The number of aromatic nitrogens is 2. The van der Waals surface area contributed by atoms with E-state index in [2.05, 4.69) is 14.9 Å². The Morgan fingerprint density at radius 1 is 1.23 bits per heavy atom. The quantitative estimate of drug-likeness (QED) is 0.659. The van der Waals surface area contributed by atoms with E-state index in [9.17, 15) is 4.79 Å². The van der Waals surface area contributed by atoms with Crippen molar-refractivity contribution < 1.29 is 10.3 Å². The molecule has 1 aliphatic rings. The van der Waals surface area contributed by atoms with Crippen LogP contribution < -0.4 is 11.2 Å². The summed E-state index contributed by atoms with van der Waals surface area (Å²) in [6.45, 7) is 5.57. The SMILES string of the molecule is CC.CO[NH2+]c1ccc(-c2nc(=O)[nH]c3c2CN(C)C3)cc1. The van der Waals surface area contributed by atoms with Gasteiger partial charge < -0.3 is 4.98 Å². The Kier molecular flexibility index (Phi) is 5.43. The van der Waals surface area contributed by atoms with Gasteiger partial charge in [-0.25, -0.2) is 9.63 Å². The first-order chi connectivity index (χ1) is 10.7. The predicted molar refractivity (Wildman–Crippen MR) is 85.4 cm³/mol. The summed E-state index contributed by atoms with van der Waals surface area (Å²) >= 11 is 0. The topological polar surface area (TPSA) is 74.8 Å². The van der Waals surface area contributed by atoms with Crippen LogP contribution in [0.15, 0.2) is 29.1 Å². The number of H-pyrrole nitrogens is 1. The van der Waals surface area contributed by atoms with Crippen molar-refractivity contribution in [1.29, 1.82) is 0 Å². The fourth-order valence-electron chi connectivity index (χ4n) is 2.54. The number of quaternary nitrogens is 1. The molecule has 0 spiro atoms. The van der Waals surface area contributed by atoms with Crippen molar-refractivity contribution in [2.45, 2.75) is 26.9 Å². The lowest BCUT2D eigenvalue weighted by Crippen LogP contribution is -2.75. The van der Waals surface area contributed by atoms with Gasteiger partial charge >= 0.3 is 5.69 Å². The Labute approximate surface area is 130 Å². The molecule has 1 aromatic carbocycles. The zero-order valence-corrected chi connectivity index (χ0v) is 13.5. The normalized spacial score (nSPS) is 13.5. The highest BCUT2D eigenvalue weighted by atomic mass is 16.6. The second-order valence-corrected chi connectivity index (χ2v) is 5.00. The molecule has 0 atom stereocenters. The van der Waals surface area contributed by atoms with Crippen LogP contribution in [0.1, 0.15) is 25.1 Å². The molecule has 1 aromatic heterocycles. The highest BCUT2D eigenvalue weighted by molar-refractivity contribution is 5.65. The number of rotatable bonds is 3. The number of benzene rings is 1. The maximum Gasteiger partial charge on any atom is 0.345 e. The Hall–Kier alpha value is -2.02. The zero-order valence-electron chi connectivity index (χ0n) is 13.5. The second-order valence-electron chi connectivity index (χ2n) is 5.00. The average Bonchev–Trinajstić information content (AvgIpc) is 2.89. The third-order valence-corrected chi connectivity index (χ3v) is 3.42. The highest BCUT2D eigenvalue weighted by Crippen LogP contribution is 2.28. The molecule has 0 aliphatic carbocycles. The minimum absolute atomic E-state index is 0.290.